The van der Waals surface area contributed by atoms with Crippen molar-refractivity contribution in [2.45, 2.75) is 13.0 Å². The Kier molecular flexibility index (Phi) is 5.31. The van der Waals surface area contributed by atoms with Crippen LogP contribution in [0.4, 0.5) is 11.5 Å². The van der Waals surface area contributed by atoms with E-state index in [1.165, 1.54) is 11.2 Å². The SMILES string of the molecule is CC1CN(c2ccnc(N3C=C(c4ccncc4)SC3)c2)CCN1S(C)(=O)=O. The lowest BCUT2D eigenvalue weighted by molar-refractivity contribution is 0.309. The second-order valence-electron chi connectivity index (χ2n) is 7.01. The Balaban J connectivity index is 1.51. The highest BCUT2D eigenvalue weighted by Crippen LogP contribution is 2.36. The molecule has 0 bridgehead atoms. The Hall–Kier alpha value is -2.10. The van der Waals surface area contributed by atoms with Crippen LogP contribution in [0.1, 0.15) is 12.5 Å². The number of hydrogen-bond acceptors (Lipinski definition) is 7. The Labute approximate surface area is 170 Å². The Morgan fingerprint density at radius 1 is 1.14 bits per heavy atom. The normalized spacial score (nSPS) is 21.1. The summed E-state index contributed by atoms with van der Waals surface area (Å²) < 4.78 is 25.4. The van der Waals surface area contributed by atoms with Gasteiger partial charge in [0.05, 0.1) is 12.1 Å². The van der Waals surface area contributed by atoms with Crippen molar-refractivity contribution in [1.82, 2.24) is 14.3 Å². The van der Waals surface area contributed by atoms with Crippen LogP contribution >= 0.6 is 11.8 Å². The van der Waals surface area contributed by atoms with E-state index in [1.807, 2.05) is 31.3 Å². The van der Waals surface area contributed by atoms with Crippen LogP contribution in [0.2, 0.25) is 0 Å². The Morgan fingerprint density at radius 2 is 1.93 bits per heavy atom. The first-order valence-electron chi connectivity index (χ1n) is 9.11. The van der Waals surface area contributed by atoms with Crippen LogP contribution in [0, 0.1) is 0 Å². The van der Waals surface area contributed by atoms with Crippen molar-refractivity contribution in [2.24, 2.45) is 0 Å². The first-order valence-corrected chi connectivity index (χ1v) is 11.9. The number of aromatic nitrogens is 2. The monoisotopic (exact) mass is 417 g/mol. The summed E-state index contributed by atoms with van der Waals surface area (Å²) in [5.41, 5.74) is 2.23. The van der Waals surface area contributed by atoms with Gasteiger partial charge in [0.15, 0.2) is 0 Å². The average Bonchev–Trinajstić information content (AvgIpc) is 3.18. The third kappa shape index (κ3) is 4.01. The van der Waals surface area contributed by atoms with E-state index in [0.717, 1.165) is 22.9 Å². The lowest BCUT2D eigenvalue weighted by Gasteiger charge is -2.39. The molecular weight excluding hydrogens is 394 g/mol. The van der Waals surface area contributed by atoms with E-state index >= 15 is 0 Å². The third-order valence-electron chi connectivity index (χ3n) is 4.98. The molecular formula is C19H23N5O2S2. The molecule has 1 unspecified atom stereocenters. The molecule has 28 heavy (non-hydrogen) atoms. The van der Waals surface area contributed by atoms with Gasteiger partial charge in [-0.25, -0.2) is 13.4 Å². The molecule has 0 saturated carbocycles. The highest BCUT2D eigenvalue weighted by Gasteiger charge is 2.30. The van der Waals surface area contributed by atoms with Gasteiger partial charge in [-0.05, 0) is 30.7 Å². The van der Waals surface area contributed by atoms with Crippen molar-refractivity contribution >= 4 is 38.2 Å². The van der Waals surface area contributed by atoms with Crippen LogP contribution in [0.15, 0.2) is 49.1 Å². The first kappa shape index (κ1) is 19.2. The minimum absolute atomic E-state index is 0.0547. The number of sulfonamides is 1. The maximum Gasteiger partial charge on any atom is 0.211 e. The minimum atomic E-state index is -3.16. The molecule has 1 fully saturated rings. The molecule has 9 heteroatoms. The number of piperazine rings is 1. The molecule has 1 atom stereocenters. The zero-order valence-electron chi connectivity index (χ0n) is 15.9. The van der Waals surface area contributed by atoms with Crippen LogP contribution < -0.4 is 9.80 Å². The zero-order valence-corrected chi connectivity index (χ0v) is 17.5. The highest BCUT2D eigenvalue weighted by atomic mass is 32.2. The summed E-state index contributed by atoms with van der Waals surface area (Å²) in [6.45, 7) is 3.80. The van der Waals surface area contributed by atoms with Gasteiger partial charge < -0.3 is 9.80 Å². The minimum Gasteiger partial charge on any atom is -0.368 e. The van der Waals surface area contributed by atoms with E-state index in [9.17, 15) is 8.42 Å². The number of nitrogens with zero attached hydrogens (tertiary/aromatic N) is 5. The van der Waals surface area contributed by atoms with E-state index < -0.39 is 10.0 Å². The Morgan fingerprint density at radius 3 is 2.64 bits per heavy atom. The third-order valence-corrected chi connectivity index (χ3v) is 7.43. The van der Waals surface area contributed by atoms with E-state index in [2.05, 4.69) is 32.0 Å². The van der Waals surface area contributed by atoms with Gasteiger partial charge in [0.1, 0.15) is 5.82 Å². The van der Waals surface area contributed by atoms with E-state index in [1.54, 1.807) is 28.5 Å². The maximum atomic E-state index is 11.9. The van der Waals surface area contributed by atoms with Crippen molar-refractivity contribution in [2.75, 3.05) is 41.6 Å². The Bertz CT molecular complexity index is 981. The summed E-state index contributed by atoms with van der Waals surface area (Å²) in [6.07, 6.45) is 8.82. The molecule has 2 aromatic heterocycles. The fraction of sp³-hybridized carbons (Fsp3) is 0.368. The second-order valence-corrected chi connectivity index (χ2v) is 9.94. The number of pyridine rings is 2. The molecule has 4 rings (SSSR count). The van der Waals surface area contributed by atoms with Gasteiger partial charge in [0, 0.05) is 67.1 Å². The molecule has 0 amide bonds. The lowest BCUT2D eigenvalue weighted by atomic mass is 10.2. The van der Waals surface area contributed by atoms with Gasteiger partial charge in [0.2, 0.25) is 10.0 Å². The highest BCUT2D eigenvalue weighted by molar-refractivity contribution is 8.08. The van der Waals surface area contributed by atoms with Crippen molar-refractivity contribution in [3.8, 4) is 0 Å². The molecule has 0 N–H and O–H groups in total. The largest absolute Gasteiger partial charge is 0.368 e. The second kappa shape index (κ2) is 7.73. The molecule has 1 saturated heterocycles. The quantitative estimate of drug-likeness (QED) is 0.757. The topological polar surface area (TPSA) is 69.6 Å². The molecule has 2 aliphatic heterocycles. The van der Waals surface area contributed by atoms with E-state index in [-0.39, 0.29) is 6.04 Å². The van der Waals surface area contributed by atoms with Crippen molar-refractivity contribution < 1.29 is 8.42 Å². The fourth-order valence-corrected chi connectivity index (χ4v) is 5.71. The summed E-state index contributed by atoms with van der Waals surface area (Å²) >= 11 is 1.78. The average molecular weight is 418 g/mol. The number of rotatable bonds is 4. The fourth-order valence-electron chi connectivity index (χ4n) is 3.59. The smallest absolute Gasteiger partial charge is 0.211 e. The van der Waals surface area contributed by atoms with Crippen LogP contribution in [0.3, 0.4) is 0 Å². The van der Waals surface area contributed by atoms with Gasteiger partial charge in [-0.3, -0.25) is 4.98 Å². The molecule has 2 aromatic rings. The standard InChI is InChI=1S/C19H23N5O2S2/c1-15-12-22(9-10-24(15)28(2,25)26)17-5-8-21-19(11-17)23-13-18(27-14-23)16-3-6-20-7-4-16/h3-8,11,13,15H,9-10,12,14H2,1-2H3. The van der Waals surface area contributed by atoms with Crippen molar-refractivity contribution in [3.05, 3.63) is 54.6 Å². The maximum absolute atomic E-state index is 11.9. The van der Waals surface area contributed by atoms with Gasteiger partial charge in [-0.2, -0.15) is 4.31 Å². The van der Waals surface area contributed by atoms with Crippen LogP contribution in [0.25, 0.3) is 4.91 Å². The molecule has 148 valence electrons. The van der Waals surface area contributed by atoms with Crippen LogP contribution in [0.5, 0.6) is 0 Å². The summed E-state index contributed by atoms with van der Waals surface area (Å²) in [5.74, 6) is 1.71. The molecule has 0 aromatic carbocycles. The molecule has 7 nitrogen and oxygen atoms in total. The zero-order chi connectivity index (χ0) is 19.7. The molecule has 0 spiro atoms. The summed E-state index contributed by atoms with van der Waals surface area (Å²) in [7, 11) is -3.16. The van der Waals surface area contributed by atoms with Gasteiger partial charge in [-0.15, -0.1) is 11.8 Å². The number of thioether (sulfide) groups is 1. The number of hydrogen-bond donors (Lipinski definition) is 0. The summed E-state index contributed by atoms with van der Waals surface area (Å²) in [6, 6.07) is 8.03. The predicted octanol–water partition coefficient (Wildman–Crippen LogP) is 2.46. The van der Waals surface area contributed by atoms with Gasteiger partial charge in [-0.1, -0.05) is 0 Å². The molecule has 4 heterocycles. The lowest BCUT2D eigenvalue weighted by Crippen LogP contribution is -2.53. The van der Waals surface area contributed by atoms with Gasteiger partial charge >= 0.3 is 0 Å². The van der Waals surface area contributed by atoms with Crippen LogP contribution in [-0.2, 0) is 10.0 Å². The van der Waals surface area contributed by atoms with Crippen molar-refractivity contribution in [3.63, 3.8) is 0 Å². The van der Waals surface area contributed by atoms with Crippen molar-refractivity contribution in [1.29, 1.82) is 0 Å². The summed E-state index contributed by atoms with van der Waals surface area (Å²) in [5, 5.41) is 0. The molecule has 2 aliphatic rings. The summed E-state index contributed by atoms with van der Waals surface area (Å²) in [4.78, 5) is 14.2. The van der Waals surface area contributed by atoms with E-state index in [0.29, 0.717) is 19.6 Å². The molecule has 0 radical (unpaired) electrons. The van der Waals surface area contributed by atoms with Crippen LogP contribution in [-0.4, -0.2) is 60.5 Å². The predicted molar refractivity (Wildman–Crippen MR) is 115 cm³/mol. The first-order chi connectivity index (χ1) is 13.4. The number of anilines is 2. The molecule has 0 aliphatic carbocycles. The van der Waals surface area contributed by atoms with E-state index in [4.69, 9.17) is 0 Å². The van der Waals surface area contributed by atoms with Gasteiger partial charge in [0.25, 0.3) is 0 Å².